The first-order valence-electron chi connectivity index (χ1n) is 8.02. The minimum atomic E-state index is -0.675. The third-order valence-electron chi connectivity index (χ3n) is 4.03. The molecule has 7 nitrogen and oxygen atoms in total. The highest BCUT2D eigenvalue weighted by Crippen LogP contribution is 2.26. The van der Waals surface area contributed by atoms with Gasteiger partial charge in [-0.3, -0.25) is 10.1 Å². The zero-order chi connectivity index (χ0) is 17.8. The van der Waals surface area contributed by atoms with E-state index in [2.05, 4.69) is 15.6 Å². The summed E-state index contributed by atoms with van der Waals surface area (Å²) in [5, 5.41) is 5.57. The van der Waals surface area contributed by atoms with E-state index >= 15 is 0 Å². The number of carbonyl (C=O) groups is 2. The van der Waals surface area contributed by atoms with E-state index in [1.165, 1.54) is 12.0 Å². The van der Waals surface area contributed by atoms with Crippen molar-refractivity contribution >= 4 is 17.8 Å². The molecule has 3 rings (SSSR count). The van der Waals surface area contributed by atoms with Crippen LogP contribution in [0.4, 0.5) is 10.6 Å². The maximum atomic E-state index is 12.8. The Morgan fingerprint density at radius 2 is 2.04 bits per heavy atom. The number of rotatable bonds is 3. The Balaban J connectivity index is 1.87. The van der Waals surface area contributed by atoms with Gasteiger partial charge in [0.05, 0.1) is 7.11 Å². The number of hydrogen-bond donors (Lipinski definition) is 2. The van der Waals surface area contributed by atoms with Crippen molar-refractivity contribution < 1.29 is 14.3 Å². The molecule has 7 heteroatoms. The molecule has 2 aromatic rings. The van der Waals surface area contributed by atoms with Gasteiger partial charge in [-0.1, -0.05) is 30.3 Å². The molecule has 0 spiro atoms. The van der Waals surface area contributed by atoms with E-state index in [1.54, 1.807) is 12.1 Å². The highest BCUT2D eigenvalue weighted by Gasteiger charge is 2.34. The first-order chi connectivity index (χ1) is 12.1. The van der Waals surface area contributed by atoms with Crippen LogP contribution in [0.5, 0.6) is 5.75 Å². The first-order valence-corrected chi connectivity index (χ1v) is 8.02. The Kier molecular flexibility index (Phi) is 4.83. The van der Waals surface area contributed by atoms with E-state index in [0.717, 1.165) is 11.3 Å². The molecule has 1 aromatic carbocycles. The molecular formula is C18H20N4O3. The van der Waals surface area contributed by atoms with Gasteiger partial charge in [-0.2, -0.15) is 0 Å². The number of urea groups is 1. The number of methoxy groups -OCH3 is 1. The number of nitrogens with zero attached hydrogens (tertiary/aromatic N) is 2. The third-order valence-corrected chi connectivity index (χ3v) is 4.03. The van der Waals surface area contributed by atoms with Crippen LogP contribution < -0.4 is 15.4 Å². The monoisotopic (exact) mass is 340 g/mol. The molecule has 1 atom stereocenters. The summed E-state index contributed by atoms with van der Waals surface area (Å²) in [5.41, 5.74) is 1.52. The van der Waals surface area contributed by atoms with Crippen LogP contribution in [-0.2, 0) is 4.79 Å². The van der Waals surface area contributed by atoms with Gasteiger partial charge in [0.2, 0.25) is 5.91 Å². The summed E-state index contributed by atoms with van der Waals surface area (Å²) < 4.78 is 5.25. The molecule has 130 valence electrons. The highest BCUT2D eigenvalue weighted by molar-refractivity contribution is 5.95. The molecule has 0 unspecified atom stereocenters. The number of amides is 3. The first kappa shape index (κ1) is 16.8. The maximum absolute atomic E-state index is 12.8. The summed E-state index contributed by atoms with van der Waals surface area (Å²) in [4.78, 5) is 31.0. The lowest BCUT2D eigenvalue weighted by Crippen LogP contribution is -2.53. The predicted molar refractivity (Wildman–Crippen MR) is 93.4 cm³/mol. The summed E-state index contributed by atoms with van der Waals surface area (Å²) in [6, 6.07) is 11.7. The molecule has 0 bridgehead atoms. The summed E-state index contributed by atoms with van der Waals surface area (Å²) in [6.45, 7) is 2.65. The van der Waals surface area contributed by atoms with Gasteiger partial charge in [0.15, 0.2) is 11.6 Å². The van der Waals surface area contributed by atoms with Gasteiger partial charge in [0, 0.05) is 18.8 Å². The molecule has 1 saturated heterocycles. The van der Waals surface area contributed by atoms with Crippen LogP contribution in [0, 0.1) is 6.92 Å². The van der Waals surface area contributed by atoms with Crippen molar-refractivity contribution in [1.29, 1.82) is 0 Å². The van der Waals surface area contributed by atoms with Crippen molar-refractivity contribution in [2.45, 2.75) is 13.0 Å². The number of aryl methyl sites for hydroxylation is 1. The van der Waals surface area contributed by atoms with Crippen LogP contribution in [0.2, 0.25) is 0 Å². The minimum absolute atomic E-state index is 0.197. The van der Waals surface area contributed by atoms with E-state index in [0.29, 0.717) is 24.7 Å². The van der Waals surface area contributed by atoms with Crippen molar-refractivity contribution in [3.8, 4) is 5.75 Å². The zero-order valence-electron chi connectivity index (χ0n) is 14.2. The average molecular weight is 340 g/mol. The standard InChI is InChI=1S/C18H20N4O3/c1-12-8-9-14(25-2)16(20-12)21-18(24)22-11-10-19-17(23)15(22)13-6-4-3-5-7-13/h3-9,15H,10-11H2,1-2H3,(H,19,23)(H,20,21,24)/t15-/m0/s1. The number of aromatic nitrogens is 1. The number of ether oxygens (including phenoxy) is 1. The average Bonchev–Trinajstić information content (AvgIpc) is 2.62. The molecule has 1 aliphatic heterocycles. The lowest BCUT2D eigenvalue weighted by Gasteiger charge is -2.35. The van der Waals surface area contributed by atoms with Gasteiger partial charge in [0.1, 0.15) is 6.04 Å². The Morgan fingerprint density at radius 3 is 2.76 bits per heavy atom. The predicted octanol–water partition coefficient (Wildman–Crippen LogP) is 2.10. The second-order valence-electron chi connectivity index (χ2n) is 5.73. The number of carbonyl (C=O) groups excluding carboxylic acids is 2. The van der Waals surface area contributed by atoms with Crippen LogP contribution in [-0.4, -0.2) is 42.0 Å². The lowest BCUT2D eigenvalue weighted by atomic mass is 10.0. The van der Waals surface area contributed by atoms with E-state index < -0.39 is 6.04 Å². The van der Waals surface area contributed by atoms with E-state index in [-0.39, 0.29) is 11.9 Å². The van der Waals surface area contributed by atoms with Crippen LogP contribution >= 0.6 is 0 Å². The highest BCUT2D eigenvalue weighted by atomic mass is 16.5. The summed E-state index contributed by atoms with van der Waals surface area (Å²) in [6.07, 6.45) is 0. The molecule has 0 aliphatic carbocycles. The SMILES string of the molecule is COc1ccc(C)nc1NC(=O)N1CCNC(=O)[C@@H]1c1ccccc1. The number of hydrogen-bond acceptors (Lipinski definition) is 4. The minimum Gasteiger partial charge on any atom is -0.493 e. The van der Waals surface area contributed by atoms with Crippen molar-refractivity contribution in [3.05, 3.63) is 53.7 Å². The summed E-state index contributed by atoms with van der Waals surface area (Å²) in [7, 11) is 1.52. The van der Waals surface area contributed by atoms with Crippen molar-refractivity contribution in [2.24, 2.45) is 0 Å². The van der Waals surface area contributed by atoms with Gasteiger partial charge in [0.25, 0.3) is 0 Å². The normalized spacial score (nSPS) is 17.0. The lowest BCUT2D eigenvalue weighted by molar-refractivity contribution is -0.127. The summed E-state index contributed by atoms with van der Waals surface area (Å²) >= 11 is 0. The number of anilines is 1. The van der Waals surface area contributed by atoms with Gasteiger partial charge in [-0.25, -0.2) is 9.78 Å². The van der Waals surface area contributed by atoms with Crippen LogP contribution in [0.3, 0.4) is 0 Å². The van der Waals surface area contributed by atoms with Crippen LogP contribution in [0.25, 0.3) is 0 Å². The van der Waals surface area contributed by atoms with Gasteiger partial charge < -0.3 is 15.0 Å². The molecule has 25 heavy (non-hydrogen) atoms. The Labute approximate surface area is 146 Å². The Hall–Kier alpha value is -3.09. The number of pyridine rings is 1. The zero-order valence-corrected chi connectivity index (χ0v) is 14.2. The van der Waals surface area contributed by atoms with Gasteiger partial charge >= 0.3 is 6.03 Å². The maximum Gasteiger partial charge on any atom is 0.324 e. The fourth-order valence-electron chi connectivity index (χ4n) is 2.82. The van der Waals surface area contributed by atoms with Gasteiger partial charge in [-0.15, -0.1) is 0 Å². The van der Waals surface area contributed by atoms with E-state index in [4.69, 9.17) is 4.74 Å². The molecular weight excluding hydrogens is 320 g/mol. The molecule has 1 fully saturated rings. The fourth-order valence-corrected chi connectivity index (χ4v) is 2.82. The number of piperazine rings is 1. The topological polar surface area (TPSA) is 83.6 Å². The molecule has 1 aliphatic rings. The van der Waals surface area contributed by atoms with Crippen molar-refractivity contribution in [3.63, 3.8) is 0 Å². The largest absolute Gasteiger partial charge is 0.493 e. The Morgan fingerprint density at radius 1 is 1.28 bits per heavy atom. The van der Waals surface area contributed by atoms with Gasteiger partial charge in [-0.05, 0) is 24.6 Å². The fraction of sp³-hybridized carbons (Fsp3) is 0.278. The van der Waals surface area contributed by atoms with Crippen molar-refractivity contribution in [1.82, 2.24) is 15.2 Å². The third kappa shape index (κ3) is 3.55. The number of nitrogens with one attached hydrogen (secondary N) is 2. The van der Waals surface area contributed by atoms with Crippen LogP contribution in [0.15, 0.2) is 42.5 Å². The molecule has 0 saturated carbocycles. The second kappa shape index (κ2) is 7.21. The smallest absolute Gasteiger partial charge is 0.324 e. The van der Waals surface area contributed by atoms with Crippen molar-refractivity contribution in [2.75, 3.05) is 25.5 Å². The quantitative estimate of drug-likeness (QED) is 0.896. The van der Waals surface area contributed by atoms with E-state index in [1.807, 2.05) is 37.3 Å². The molecule has 2 N–H and O–H groups in total. The molecule has 3 amide bonds. The second-order valence-corrected chi connectivity index (χ2v) is 5.73. The molecule has 2 heterocycles. The Bertz CT molecular complexity index is 779. The number of benzene rings is 1. The van der Waals surface area contributed by atoms with Crippen LogP contribution in [0.1, 0.15) is 17.3 Å². The van der Waals surface area contributed by atoms with E-state index in [9.17, 15) is 9.59 Å². The summed E-state index contributed by atoms with van der Waals surface area (Å²) in [5.74, 6) is 0.610. The molecule has 1 aromatic heterocycles. The molecule has 0 radical (unpaired) electrons.